The van der Waals surface area contributed by atoms with Gasteiger partial charge in [0.05, 0.1) is 0 Å². The van der Waals surface area contributed by atoms with E-state index >= 15 is 0 Å². The van der Waals surface area contributed by atoms with Crippen molar-refractivity contribution >= 4 is 11.8 Å². The minimum Gasteiger partial charge on any atom is -0.508 e. The third-order valence-corrected chi connectivity index (χ3v) is 8.60. The highest BCUT2D eigenvalue weighted by atomic mass is 32.2. The second-order valence-corrected chi connectivity index (χ2v) is 9.63. The van der Waals surface area contributed by atoms with Gasteiger partial charge in [0.15, 0.2) is 0 Å². The van der Waals surface area contributed by atoms with Crippen molar-refractivity contribution in [3.05, 3.63) is 28.8 Å². The van der Waals surface area contributed by atoms with E-state index in [1.54, 1.807) is 5.56 Å². The fourth-order valence-electron chi connectivity index (χ4n) is 6.52. The quantitative estimate of drug-likeness (QED) is 0.749. The lowest BCUT2D eigenvalue weighted by Crippen LogP contribution is -2.42. The van der Waals surface area contributed by atoms with E-state index in [0.29, 0.717) is 11.2 Å². The summed E-state index contributed by atoms with van der Waals surface area (Å²) in [6.07, 6.45) is 11.4. The maximum absolute atomic E-state index is 10.2. The summed E-state index contributed by atoms with van der Waals surface area (Å²) in [5, 5.41) is 10.2. The van der Waals surface area contributed by atoms with Crippen LogP contribution in [0.15, 0.2) is 12.1 Å². The second kappa shape index (κ2) is 6.27. The molecule has 1 nitrogen and oxygen atoms in total. The maximum Gasteiger partial charge on any atom is 0.119 e. The highest BCUT2D eigenvalue weighted by molar-refractivity contribution is 7.98. The number of benzene rings is 1. The van der Waals surface area contributed by atoms with Gasteiger partial charge in [0, 0.05) is 0 Å². The highest BCUT2D eigenvalue weighted by Crippen LogP contribution is 2.63. The summed E-state index contributed by atoms with van der Waals surface area (Å²) in [7, 11) is 0. The molecule has 5 atom stereocenters. The van der Waals surface area contributed by atoms with Crippen molar-refractivity contribution in [1.82, 2.24) is 0 Å². The summed E-state index contributed by atoms with van der Waals surface area (Å²) < 4.78 is 0. The average molecular weight is 345 g/mol. The Morgan fingerprint density at radius 3 is 2.79 bits per heavy atom. The Labute approximate surface area is 151 Å². The first-order chi connectivity index (χ1) is 11.6. The van der Waals surface area contributed by atoms with Crippen molar-refractivity contribution in [2.75, 3.05) is 12.0 Å². The summed E-state index contributed by atoms with van der Waals surface area (Å²) in [6, 6.07) is 4.45. The Bertz CT molecular complexity index is 625. The van der Waals surface area contributed by atoms with Crippen LogP contribution in [-0.2, 0) is 12.8 Å². The van der Waals surface area contributed by atoms with Crippen LogP contribution in [0.5, 0.6) is 5.75 Å². The molecule has 4 rings (SSSR count). The fourth-order valence-corrected chi connectivity index (χ4v) is 7.47. The molecule has 0 saturated heterocycles. The molecule has 0 radical (unpaired) electrons. The Morgan fingerprint density at radius 2 is 2.04 bits per heavy atom. The van der Waals surface area contributed by atoms with Gasteiger partial charge in [0.2, 0.25) is 0 Å². The van der Waals surface area contributed by atoms with Crippen LogP contribution in [0.25, 0.3) is 0 Å². The third-order valence-electron chi connectivity index (χ3n) is 7.87. The van der Waals surface area contributed by atoms with Gasteiger partial charge in [-0.2, -0.15) is 11.8 Å². The van der Waals surface area contributed by atoms with Crippen LogP contribution >= 0.6 is 11.8 Å². The monoisotopic (exact) mass is 344 g/mol. The summed E-state index contributed by atoms with van der Waals surface area (Å²) in [6.45, 7) is 4.77. The lowest BCUT2D eigenvalue weighted by molar-refractivity contribution is 0.0349. The molecule has 3 aliphatic rings. The number of thioether (sulfide) groups is 1. The van der Waals surface area contributed by atoms with Crippen molar-refractivity contribution in [3.8, 4) is 5.75 Å². The normalized spacial score (nSPS) is 37.6. The first-order valence-corrected chi connectivity index (χ1v) is 11.3. The zero-order valence-corrected chi connectivity index (χ0v) is 16.3. The summed E-state index contributed by atoms with van der Waals surface area (Å²) in [4.78, 5) is 0. The molecule has 0 amide bonds. The molecule has 0 aromatic heterocycles. The van der Waals surface area contributed by atoms with Crippen LogP contribution in [0.4, 0.5) is 0 Å². The number of hydrogen-bond donors (Lipinski definition) is 1. The molecule has 0 spiro atoms. The Morgan fingerprint density at radius 1 is 1.21 bits per heavy atom. The van der Waals surface area contributed by atoms with Gasteiger partial charge >= 0.3 is 0 Å². The lowest BCUT2D eigenvalue weighted by Gasteiger charge is -2.51. The molecule has 24 heavy (non-hydrogen) atoms. The second-order valence-electron chi connectivity index (χ2n) is 8.72. The van der Waals surface area contributed by atoms with Crippen LogP contribution in [0, 0.1) is 23.2 Å². The van der Waals surface area contributed by atoms with Gasteiger partial charge in [-0.25, -0.2) is 0 Å². The minimum atomic E-state index is 0.524. The minimum absolute atomic E-state index is 0.524. The van der Waals surface area contributed by atoms with E-state index in [1.165, 1.54) is 49.8 Å². The van der Waals surface area contributed by atoms with Gasteiger partial charge in [0.1, 0.15) is 5.75 Å². The molecule has 1 aromatic rings. The number of rotatable bonds is 3. The first-order valence-electron chi connectivity index (χ1n) is 9.92. The van der Waals surface area contributed by atoms with Gasteiger partial charge in [0.25, 0.3) is 0 Å². The van der Waals surface area contributed by atoms with Crippen LogP contribution in [0.1, 0.15) is 68.6 Å². The molecule has 132 valence electrons. The van der Waals surface area contributed by atoms with Gasteiger partial charge in [-0.05, 0) is 109 Å². The Hall–Kier alpha value is -0.630. The summed E-state index contributed by atoms with van der Waals surface area (Å²) in [5.74, 6) is 5.39. The number of fused-ring (bicyclic) bond motifs is 5. The molecule has 3 unspecified atom stereocenters. The van der Waals surface area contributed by atoms with Crippen LogP contribution in [-0.4, -0.2) is 17.1 Å². The zero-order chi connectivity index (χ0) is 16.9. The predicted molar refractivity (Wildman–Crippen MR) is 104 cm³/mol. The molecule has 2 fully saturated rings. The first kappa shape index (κ1) is 16.8. The van der Waals surface area contributed by atoms with E-state index in [1.807, 2.05) is 11.8 Å². The maximum atomic E-state index is 10.2. The van der Waals surface area contributed by atoms with Gasteiger partial charge in [-0.3, -0.25) is 0 Å². The number of phenolic OH excluding ortho intramolecular Hbond substituents is 1. The molecule has 0 aliphatic heterocycles. The topological polar surface area (TPSA) is 20.2 Å². The van der Waals surface area contributed by atoms with Crippen molar-refractivity contribution in [2.24, 2.45) is 23.2 Å². The Balaban J connectivity index is 1.66. The fraction of sp³-hybridized carbons (Fsp3) is 0.727. The molecule has 3 aliphatic carbocycles. The van der Waals surface area contributed by atoms with E-state index in [9.17, 15) is 5.11 Å². The van der Waals surface area contributed by atoms with Crippen molar-refractivity contribution < 1.29 is 5.11 Å². The van der Waals surface area contributed by atoms with Gasteiger partial charge < -0.3 is 5.11 Å². The molecule has 0 heterocycles. The smallest absolute Gasteiger partial charge is 0.119 e. The molecule has 0 bridgehead atoms. The SMILES string of the molecule is CCc1cc2c(cc1O)CCC1C2CC[C@@]2(C)C1CC[C@@H]2CSC. The van der Waals surface area contributed by atoms with E-state index in [-0.39, 0.29) is 0 Å². The third kappa shape index (κ3) is 2.43. The van der Waals surface area contributed by atoms with E-state index in [2.05, 4.69) is 32.2 Å². The van der Waals surface area contributed by atoms with Crippen LogP contribution in [0.2, 0.25) is 0 Å². The molecular weight excluding hydrogens is 312 g/mol. The van der Waals surface area contributed by atoms with Crippen molar-refractivity contribution in [2.45, 2.75) is 64.7 Å². The summed E-state index contributed by atoms with van der Waals surface area (Å²) >= 11 is 2.05. The molecule has 1 aromatic carbocycles. The van der Waals surface area contributed by atoms with E-state index in [4.69, 9.17) is 0 Å². The van der Waals surface area contributed by atoms with Crippen LogP contribution < -0.4 is 0 Å². The highest BCUT2D eigenvalue weighted by Gasteiger charge is 2.54. The van der Waals surface area contributed by atoms with Crippen LogP contribution in [0.3, 0.4) is 0 Å². The zero-order valence-electron chi connectivity index (χ0n) is 15.5. The number of aryl methyl sites for hydroxylation is 2. The van der Waals surface area contributed by atoms with Gasteiger partial charge in [-0.15, -0.1) is 0 Å². The largest absolute Gasteiger partial charge is 0.508 e. The number of phenols is 1. The Kier molecular flexibility index (Phi) is 4.39. The molecular formula is C22H32OS. The molecule has 2 saturated carbocycles. The lowest BCUT2D eigenvalue weighted by atomic mass is 9.54. The summed E-state index contributed by atoms with van der Waals surface area (Å²) in [5.41, 5.74) is 4.77. The average Bonchev–Trinajstić information content (AvgIpc) is 2.91. The molecule has 1 N–H and O–H groups in total. The van der Waals surface area contributed by atoms with Crippen molar-refractivity contribution in [1.29, 1.82) is 0 Å². The standard InChI is InChI=1S/C22H32OS/c1-4-14-11-19-15(12-21(14)23)5-7-18-17(19)9-10-22(2)16(13-24-3)6-8-20(18)22/h11-12,16-18,20,23H,4-10,13H2,1-3H3/t16-,17?,18?,20?,22-/m1/s1. The van der Waals surface area contributed by atoms with Gasteiger partial charge in [-0.1, -0.05) is 19.9 Å². The number of aromatic hydroxyl groups is 1. The molecule has 2 heteroatoms. The van der Waals surface area contributed by atoms with E-state index in [0.717, 1.165) is 35.7 Å². The predicted octanol–water partition coefficient (Wildman–Crippen LogP) is 5.79. The number of hydrogen-bond acceptors (Lipinski definition) is 2. The van der Waals surface area contributed by atoms with E-state index < -0.39 is 0 Å². The van der Waals surface area contributed by atoms with Crippen molar-refractivity contribution in [3.63, 3.8) is 0 Å².